The van der Waals surface area contributed by atoms with Crippen molar-refractivity contribution in [3.63, 3.8) is 0 Å². The Morgan fingerprint density at radius 3 is 2.45 bits per heavy atom. The number of amides is 1. The van der Waals surface area contributed by atoms with Crippen LogP contribution in [0.2, 0.25) is 0 Å². The Bertz CT molecular complexity index is 1170. The predicted molar refractivity (Wildman–Crippen MR) is 104 cm³/mol. The fourth-order valence-electron chi connectivity index (χ4n) is 3.26. The Labute approximate surface area is 164 Å². The van der Waals surface area contributed by atoms with Crippen molar-refractivity contribution in [2.45, 2.75) is 19.6 Å². The number of carbonyl (C=O) groups is 1. The number of hydrogen-bond donors (Lipinski definition) is 1. The maximum Gasteiger partial charge on any atom is 0.416 e. The van der Waals surface area contributed by atoms with E-state index in [4.69, 9.17) is 4.42 Å². The number of para-hydroxylation sites is 1. The van der Waals surface area contributed by atoms with Gasteiger partial charge in [0.1, 0.15) is 0 Å². The molecule has 0 spiro atoms. The van der Waals surface area contributed by atoms with Gasteiger partial charge in [-0.3, -0.25) is 4.79 Å². The lowest BCUT2D eigenvalue weighted by atomic mass is 10.1. The third-order valence-corrected chi connectivity index (χ3v) is 4.74. The first-order valence-electron chi connectivity index (χ1n) is 8.92. The van der Waals surface area contributed by atoms with Gasteiger partial charge in [-0.1, -0.05) is 30.3 Å². The second kappa shape index (κ2) is 7.16. The van der Waals surface area contributed by atoms with Crippen molar-refractivity contribution < 1.29 is 22.4 Å². The molecule has 0 fully saturated rings. The molecular weight excluding hydrogens is 381 g/mol. The largest absolute Gasteiger partial charge is 0.459 e. The van der Waals surface area contributed by atoms with Crippen LogP contribution in [0.15, 0.2) is 71.5 Å². The van der Waals surface area contributed by atoms with E-state index in [1.807, 2.05) is 28.8 Å². The Morgan fingerprint density at radius 1 is 1.07 bits per heavy atom. The third kappa shape index (κ3) is 3.76. The zero-order chi connectivity index (χ0) is 20.6. The van der Waals surface area contributed by atoms with E-state index in [1.54, 1.807) is 19.2 Å². The monoisotopic (exact) mass is 398 g/mol. The molecule has 0 radical (unpaired) electrons. The van der Waals surface area contributed by atoms with Gasteiger partial charge in [-0.25, -0.2) is 0 Å². The summed E-state index contributed by atoms with van der Waals surface area (Å²) in [5.74, 6) is -0.116. The summed E-state index contributed by atoms with van der Waals surface area (Å²) in [7, 11) is 0. The maximum absolute atomic E-state index is 12.8. The van der Waals surface area contributed by atoms with Gasteiger partial charge in [-0.2, -0.15) is 13.2 Å². The number of anilines is 1. The molecule has 7 heteroatoms. The maximum atomic E-state index is 12.8. The van der Waals surface area contributed by atoms with Crippen LogP contribution in [0.25, 0.3) is 10.9 Å². The van der Waals surface area contributed by atoms with Gasteiger partial charge in [0.2, 0.25) is 0 Å². The molecule has 0 atom stereocenters. The Kier molecular flexibility index (Phi) is 4.66. The SMILES string of the molecule is Cc1ccoc1C(=O)Nc1cn(Cc2ccc(C(F)(F)F)cc2)c2ccccc12. The van der Waals surface area contributed by atoms with Crippen molar-refractivity contribution in [1.82, 2.24) is 4.57 Å². The lowest BCUT2D eigenvalue weighted by molar-refractivity contribution is -0.137. The summed E-state index contributed by atoms with van der Waals surface area (Å²) in [5.41, 5.74) is 2.24. The number of hydrogen-bond acceptors (Lipinski definition) is 2. The molecular formula is C22H17F3N2O2. The van der Waals surface area contributed by atoms with Gasteiger partial charge in [0.15, 0.2) is 5.76 Å². The third-order valence-electron chi connectivity index (χ3n) is 4.74. The number of alkyl halides is 3. The lowest BCUT2D eigenvalue weighted by Gasteiger charge is -2.09. The average Bonchev–Trinajstić information content (AvgIpc) is 3.26. The van der Waals surface area contributed by atoms with Crippen LogP contribution in [0.5, 0.6) is 0 Å². The van der Waals surface area contributed by atoms with Gasteiger partial charge in [0.05, 0.1) is 23.0 Å². The quantitative estimate of drug-likeness (QED) is 0.468. The highest BCUT2D eigenvalue weighted by molar-refractivity contribution is 6.08. The first kappa shape index (κ1) is 18.9. The molecule has 0 unspecified atom stereocenters. The summed E-state index contributed by atoms with van der Waals surface area (Å²) in [4.78, 5) is 12.5. The highest BCUT2D eigenvalue weighted by Crippen LogP contribution is 2.30. The summed E-state index contributed by atoms with van der Waals surface area (Å²) in [6.45, 7) is 2.15. The minimum atomic E-state index is -4.36. The molecule has 0 bridgehead atoms. The number of benzene rings is 2. The van der Waals surface area contributed by atoms with E-state index < -0.39 is 11.7 Å². The fraction of sp³-hybridized carbons (Fsp3) is 0.136. The molecule has 1 amide bonds. The number of furan rings is 1. The lowest BCUT2D eigenvalue weighted by Crippen LogP contribution is -2.11. The number of nitrogens with one attached hydrogen (secondary N) is 1. The fourth-order valence-corrected chi connectivity index (χ4v) is 3.26. The summed E-state index contributed by atoms with van der Waals surface area (Å²) in [5, 5.41) is 3.69. The molecule has 1 N–H and O–H groups in total. The number of rotatable bonds is 4. The normalized spacial score (nSPS) is 11.7. The van der Waals surface area contributed by atoms with Crippen molar-refractivity contribution in [2.24, 2.45) is 0 Å². The van der Waals surface area contributed by atoms with Crippen LogP contribution in [0.4, 0.5) is 18.9 Å². The summed E-state index contributed by atoms with van der Waals surface area (Å²) >= 11 is 0. The van der Waals surface area contributed by atoms with Crippen LogP contribution in [-0.2, 0) is 12.7 Å². The Hall–Kier alpha value is -3.48. The van der Waals surface area contributed by atoms with Crippen LogP contribution in [0.3, 0.4) is 0 Å². The number of aryl methyl sites for hydroxylation is 1. The predicted octanol–water partition coefficient (Wildman–Crippen LogP) is 5.86. The molecule has 2 heterocycles. The molecule has 4 nitrogen and oxygen atoms in total. The van der Waals surface area contributed by atoms with Crippen LogP contribution < -0.4 is 5.32 Å². The van der Waals surface area contributed by atoms with Gasteiger partial charge < -0.3 is 14.3 Å². The highest BCUT2D eigenvalue weighted by atomic mass is 19.4. The van der Waals surface area contributed by atoms with E-state index in [0.717, 1.165) is 34.2 Å². The number of aromatic nitrogens is 1. The van der Waals surface area contributed by atoms with Crippen molar-refractivity contribution in [1.29, 1.82) is 0 Å². The Balaban J connectivity index is 1.64. The molecule has 2 aromatic carbocycles. The van der Waals surface area contributed by atoms with Crippen molar-refractivity contribution in [3.05, 3.63) is 89.5 Å². The standard InChI is InChI=1S/C22H17F3N2O2/c1-14-10-11-29-20(14)21(28)26-18-13-27(19-5-3-2-4-17(18)19)12-15-6-8-16(9-7-15)22(23,24)25/h2-11,13H,12H2,1H3,(H,26,28). The molecule has 4 rings (SSSR count). The summed E-state index contributed by atoms with van der Waals surface area (Å²) < 4.78 is 45.4. The van der Waals surface area contributed by atoms with E-state index >= 15 is 0 Å². The van der Waals surface area contributed by atoms with E-state index in [0.29, 0.717) is 12.2 Å². The topological polar surface area (TPSA) is 47.2 Å². The zero-order valence-electron chi connectivity index (χ0n) is 15.5. The molecule has 0 aliphatic heterocycles. The molecule has 0 aliphatic carbocycles. The average molecular weight is 398 g/mol. The molecule has 29 heavy (non-hydrogen) atoms. The minimum Gasteiger partial charge on any atom is -0.459 e. The smallest absolute Gasteiger partial charge is 0.416 e. The summed E-state index contributed by atoms with van der Waals surface area (Å²) in [6.07, 6.45) is -1.13. The van der Waals surface area contributed by atoms with Crippen molar-refractivity contribution >= 4 is 22.5 Å². The molecule has 0 saturated heterocycles. The Morgan fingerprint density at radius 2 is 1.79 bits per heavy atom. The van der Waals surface area contributed by atoms with Gasteiger partial charge >= 0.3 is 6.18 Å². The van der Waals surface area contributed by atoms with Crippen LogP contribution in [0.1, 0.15) is 27.2 Å². The first-order valence-corrected chi connectivity index (χ1v) is 8.92. The van der Waals surface area contributed by atoms with E-state index in [-0.39, 0.29) is 11.7 Å². The highest BCUT2D eigenvalue weighted by Gasteiger charge is 2.29. The molecule has 0 saturated carbocycles. The molecule has 0 aliphatic rings. The number of carbonyl (C=O) groups excluding carboxylic acids is 1. The van der Waals surface area contributed by atoms with Crippen LogP contribution in [-0.4, -0.2) is 10.5 Å². The van der Waals surface area contributed by atoms with Gasteiger partial charge in [0.25, 0.3) is 5.91 Å². The van der Waals surface area contributed by atoms with E-state index in [2.05, 4.69) is 5.32 Å². The van der Waals surface area contributed by atoms with Gasteiger partial charge in [0, 0.05) is 23.7 Å². The van der Waals surface area contributed by atoms with Crippen LogP contribution >= 0.6 is 0 Å². The molecule has 2 aromatic heterocycles. The zero-order valence-corrected chi connectivity index (χ0v) is 15.5. The van der Waals surface area contributed by atoms with Crippen LogP contribution in [0, 0.1) is 6.92 Å². The van der Waals surface area contributed by atoms with Crippen molar-refractivity contribution in [2.75, 3.05) is 5.32 Å². The molecule has 4 aromatic rings. The summed E-state index contributed by atoms with van der Waals surface area (Å²) in [6, 6.07) is 14.3. The van der Waals surface area contributed by atoms with Crippen molar-refractivity contribution in [3.8, 4) is 0 Å². The van der Waals surface area contributed by atoms with Gasteiger partial charge in [-0.15, -0.1) is 0 Å². The first-order chi connectivity index (χ1) is 13.8. The minimum absolute atomic E-state index is 0.240. The van der Waals surface area contributed by atoms with E-state index in [1.165, 1.54) is 18.4 Å². The van der Waals surface area contributed by atoms with Gasteiger partial charge in [-0.05, 0) is 36.8 Å². The van der Waals surface area contributed by atoms with E-state index in [9.17, 15) is 18.0 Å². The second-order valence-electron chi connectivity index (χ2n) is 6.77. The second-order valence-corrected chi connectivity index (χ2v) is 6.77. The number of halogens is 3. The number of nitrogens with zero attached hydrogens (tertiary/aromatic N) is 1. The molecule has 148 valence electrons. The number of fused-ring (bicyclic) bond motifs is 1.